The molecule has 1 aliphatic rings. The minimum absolute atomic E-state index is 0.184. The predicted molar refractivity (Wildman–Crippen MR) is 71.9 cm³/mol. The van der Waals surface area contributed by atoms with Crippen molar-refractivity contribution in [3.8, 4) is 11.5 Å². The minimum atomic E-state index is -0.663. The molecule has 0 fully saturated rings. The summed E-state index contributed by atoms with van der Waals surface area (Å²) in [7, 11) is 1.52. The average molecular weight is 281 g/mol. The topological polar surface area (TPSA) is 77.0 Å². The highest BCUT2D eigenvalue weighted by atomic mass is 16.6. The van der Waals surface area contributed by atoms with Crippen molar-refractivity contribution >= 4 is 5.91 Å². The molecule has 20 heavy (non-hydrogen) atoms. The molecule has 1 amide bonds. The summed E-state index contributed by atoms with van der Waals surface area (Å²) in [6, 6.07) is 7.23. The summed E-state index contributed by atoms with van der Waals surface area (Å²) in [6.07, 6.45) is -0.807. The lowest BCUT2D eigenvalue weighted by Gasteiger charge is -2.25. The molecule has 0 radical (unpaired) electrons. The van der Waals surface area contributed by atoms with Crippen LogP contribution in [-0.4, -0.2) is 50.1 Å². The third-order valence-electron chi connectivity index (χ3n) is 2.94. The molecule has 1 aliphatic heterocycles. The van der Waals surface area contributed by atoms with Gasteiger partial charge in [-0.05, 0) is 18.6 Å². The van der Waals surface area contributed by atoms with Crippen LogP contribution in [0, 0.1) is 0 Å². The largest absolute Gasteiger partial charge is 0.485 e. The maximum Gasteiger partial charge on any atom is 0.264 e. The SMILES string of the molecule is COCC(O)CCNC(=O)C1COc2ccccc2O1. The van der Waals surface area contributed by atoms with E-state index in [4.69, 9.17) is 14.2 Å². The van der Waals surface area contributed by atoms with Gasteiger partial charge in [-0.15, -0.1) is 0 Å². The van der Waals surface area contributed by atoms with Crippen LogP contribution in [0.25, 0.3) is 0 Å². The van der Waals surface area contributed by atoms with Gasteiger partial charge in [-0.2, -0.15) is 0 Å². The summed E-state index contributed by atoms with van der Waals surface area (Å²) in [5.74, 6) is 0.967. The van der Waals surface area contributed by atoms with Crippen molar-refractivity contribution in [3.05, 3.63) is 24.3 Å². The molecule has 6 heteroatoms. The normalized spacial score (nSPS) is 18.4. The van der Waals surface area contributed by atoms with Gasteiger partial charge in [0.1, 0.15) is 6.61 Å². The summed E-state index contributed by atoms with van der Waals surface area (Å²) in [5, 5.41) is 12.2. The van der Waals surface area contributed by atoms with Gasteiger partial charge in [0.25, 0.3) is 5.91 Å². The summed E-state index contributed by atoms with van der Waals surface area (Å²) in [5.41, 5.74) is 0. The molecule has 2 unspecified atom stereocenters. The molecule has 0 saturated heterocycles. The van der Waals surface area contributed by atoms with Gasteiger partial charge in [-0.25, -0.2) is 0 Å². The number of hydrogen-bond acceptors (Lipinski definition) is 5. The van der Waals surface area contributed by atoms with E-state index >= 15 is 0 Å². The van der Waals surface area contributed by atoms with E-state index in [2.05, 4.69) is 5.32 Å². The van der Waals surface area contributed by atoms with Crippen LogP contribution in [0.15, 0.2) is 24.3 Å². The summed E-state index contributed by atoms with van der Waals surface area (Å²) in [6.45, 7) is 0.806. The zero-order valence-corrected chi connectivity index (χ0v) is 11.4. The van der Waals surface area contributed by atoms with Gasteiger partial charge in [0.05, 0.1) is 12.7 Å². The fourth-order valence-corrected chi connectivity index (χ4v) is 1.90. The molecule has 1 heterocycles. The van der Waals surface area contributed by atoms with Crippen LogP contribution < -0.4 is 14.8 Å². The molecule has 0 bridgehead atoms. The lowest BCUT2D eigenvalue weighted by Crippen LogP contribution is -2.44. The number of carbonyl (C=O) groups excluding carboxylic acids is 1. The lowest BCUT2D eigenvalue weighted by atomic mass is 10.2. The Morgan fingerprint density at radius 3 is 3.00 bits per heavy atom. The van der Waals surface area contributed by atoms with Crippen molar-refractivity contribution in [1.82, 2.24) is 5.32 Å². The zero-order chi connectivity index (χ0) is 14.4. The molecule has 1 aromatic rings. The van der Waals surface area contributed by atoms with Crippen LogP contribution in [0.5, 0.6) is 11.5 Å². The first-order chi connectivity index (χ1) is 9.70. The fourth-order valence-electron chi connectivity index (χ4n) is 1.90. The molecule has 2 N–H and O–H groups in total. The van der Waals surface area contributed by atoms with E-state index in [0.717, 1.165) is 0 Å². The number of rotatable bonds is 6. The van der Waals surface area contributed by atoms with Crippen molar-refractivity contribution in [2.75, 3.05) is 26.9 Å². The standard InChI is InChI=1S/C14H19NO5/c1-18-8-10(16)6-7-15-14(17)13-9-19-11-4-2-3-5-12(11)20-13/h2-5,10,13,16H,6-9H2,1H3,(H,15,17). The van der Waals surface area contributed by atoms with E-state index < -0.39 is 12.2 Å². The van der Waals surface area contributed by atoms with E-state index in [0.29, 0.717) is 24.5 Å². The quantitative estimate of drug-likeness (QED) is 0.786. The van der Waals surface area contributed by atoms with Crippen LogP contribution >= 0.6 is 0 Å². The number of carbonyl (C=O) groups is 1. The van der Waals surface area contributed by atoms with Gasteiger partial charge in [0.15, 0.2) is 11.5 Å². The molecule has 6 nitrogen and oxygen atoms in total. The Hall–Kier alpha value is -1.79. The summed E-state index contributed by atoms with van der Waals surface area (Å²) in [4.78, 5) is 11.9. The molecule has 0 spiro atoms. The number of methoxy groups -OCH3 is 1. The Kier molecular flexibility index (Phi) is 5.20. The van der Waals surface area contributed by atoms with Crippen molar-refractivity contribution < 1.29 is 24.1 Å². The molecule has 0 saturated carbocycles. The first-order valence-electron chi connectivity index (χ1n) is 6.54. The van der Waals surface area contributed by atoms with Gasteiger partial charge in [-0.3, -0.25) is 4.79 Å². The number of ether oxygens (including phenoxy) is 3. The maximum atomic E-state index is 11.9. The average Bonchev–Trinajstić information content (AvgIpc) is 2.47. The molecule has 2 rings (SSSR count). The number of aliphatic hydroxyl groups excluding tert-OH is 1. The fraction of sp³-hybridized carbons (Fsp3) is 0.500. The number of fused-ring (bicyclic) bond motifs is 1. The van der Waals surface area contributed by atoms with Crippen molar-refractivity contribution in [2.45, 2.75) is 18.6 Å². The van der Waals surface area contributed by atoms with Gasteiger partial charge in [-0.1, -0.05) is 12.1 Å². The molecule has 0 aliphatic carbocycles. The third kappa shape index (κ3) is 3.85. The predicted octanol–water partition coefficient (Wildman–Crippen LogP) is 0.340. The second kappa shape index (κ2) is 7.12. The van der Waals surface area contributed by atoms with E-state index in [9.17, 15) is 9.90 Å². The highest BCUT2D eigenvalue weighted by Crippen LogP contribution is 2.30. The molecular weight excluding hydrogens is 262 g/mol. The second-order valence-electron chi connectivity index (χ2n) is 4.55. The minimum Gasteiger partial charge on any atom is -0.485 e. The van der Waals surface area contributed by atoms with Gasteiger partial charge in [0, 0.05) is 13.7 Å². The van der Waals surface area contributed by atoms with Crippen LogP contribution in [0.2, 0.25) is 0 Å². The first kappa shape index (κ1) is 14.6. The van der Waals surface area contributed by atoms with E-state index in [1.807, 2.05) is 12.1 Å². The molecular formula is C14H19NO5. The van der Waals surface area contributed by atoms with Crippen LogP contribution in [-0.2, 0) is 9.53 Å². The zero-order valence-electron chi connectivity index (χ0n) is 11.4. The second-order valence-corrected chi connectivity index (χ2v) is 4.55. The van der Waals surface area contributed by atoms with Gasteiger partial charge < -0.3 is 24.6 Å². The number of aliphatic hydroxyl groups is 1. The Labute approximate surface area is 117 Å². The highest BCUT2D eigenvalue weighted by Gasteiger charge is 2.26. The van der Waals surface area contributed by atoms with Gasteiger partial charge in [0.2, 0.25) is 6.10 Å². The highest BCUT2D eigenvalue weighted by molar-refractivity contribution is 5.81. The third-order valence-corrected chi connectivity index (χ3v) is 2.94. The lowest BCUT2D eigenvalue weighted by molar-refractivity contribution is -0.130. The molecule has 110 valence electrons. The number of benzene rings is 1. The Morgan fingerprint density at radius 2 is 2.25 bits per heavy atom. The van der Waals surface area contributed by atoms with Crippen molar-refractivity contribution in [1.29, 1.82) is 0 Å². The Bertz CT molecular complexity index is 451. The van der Waals surface area contributed by atoms with Crippen molar-refractivity contribution in [2.24, 2.45) is 0 Å². The maximum absolute atomic E-state index is 11.9. The smallest absolute Gasteiger partial charge is 0.264 e. The molecule has 0 aromatic heterocycles. The van der Waals surface area contributed by atoms with Gasteiger partial charge >= 0.3 is 0 Å². The van der Waals surface area contributed by atoms with Crippen LogP contribution in [0.3, 0.4) is 0 Å². The number of hydrogen-bond donors (Lipinski definition) is 2. The first-order valence-corrected chi connectivity index (χ1v) is 6.54. The Morgan fingerprint density at radius 1 is 1.50 bits per heavy atom. The number of nitrogens with one attached hydrogen (secondary N) is 1. The van der Waals surface area contributed by atoms with Crippen LogP contribution in [0.1, 0.15) is 6.42 Å². The molecule has 1 aromatic carbocycles. The van der Waals surface area contributed by atoms with E-state index in [-0.39, 0.29) is 19.1 Å². The number of para-hydroxylation sites is 2. The summed E-state index contributed by atoms with van der Waals surface area (Å²) >= 11 is 0. The van der Waals surface area contributed by atoms with E-state index in [1.54, 1.807) is 12.1 Å². The summed E-state index contributed by atoms with van der Waals surface area (Å²) < 4.78 is 15.9. The monoisotopic (exact) mass is 281 g/mol. The van der Waals surface area contributed by atoms with Crippen molar-refractivity contribution in [3.63, 3.8) is 0 Å². The van der Waals surface area contributed by atoms with E-state index in [1.165, 1.54) is 7.11 Å². The Balaban J connectivity index is 1.77. The molecule has 2 atom stereocenters. The number of amides is 1. The van der Waals surface area contributed by atoms with Crippen LogP contribution in [0.4, 0.5) is 0 Å².